The van der Waals surface area contributed by atoms with E-state index >= 15 is 0 Å². The third-order valence-electron chi connectivity index (χ3n) is 3.02. The van der Waals surface area contributed by atoms with Crippen LogP contribution >= 0.6 is 23.1 Å². The normalized spacial score (nSPS) is 10.9. The fourth-order valence-electron chi connectivity index (χ4n) is 1.94. The zero-order valence-corrected chi connectivity index (χ0v) is 12.7. The summed E-state index contributed by atoms with van der Waals surface area (Å²) in [6.07, 6.45) is 0. The number of hydrogen-bond donors (Lipinski definition) is 2. The van der Waals surface area contributed by atoms with Gasteiger partial charge in [-0.05, 0) is 35.9 Å². The molecule has 0 saturated carbocycles. The van der Waals surface area contributed by atoms with Crippen LogP contribution in [0.5, 0.6) is 0 Å². The first-order valence-electron chi connectivity index (χ1n) is 6.29. The lowest BCUT2D eigenvalue weighted by atomic mass is 10.1. The van der Waals surface area contributed by atoms with E-state index < -0.39 is 5.91 Å². The molecule has 6 heteroatoms. The first-order valence-corrected chi connectivity index (χ1v) is 8.09. The minimum atomic E-state index is -0.401. The molecule has 4 N–H and O–H groups in total. The monoisotopic (exact) mass is 315 g/mol. The minimum absolute atomic E-state index is 0.401. The second-order valence-electron chi connectivity index (χ2n) is 4.53. The molecule has 1 amide bonds. The second kappa shape index (κ2) is 5.75. The number of nitrogens with zero attached hydrogens (tertiary/aromatic N) is 1. The van der Waals surface area contributed by atoms with Gasteiger partial charge in [-0.25, -0.2) is 4.98 Å². The Labute approximate surface area is 130 Å². The number of rotatable bonds is 4. The van der Waals surface area contributed by atoms with Gasteiger partial charge in [-0.15, -0.1) is 11.8 Å². The Morgan fingerprint density at radius 1 is 1.19 bits per heavy atom. The van der Waals surface area contributed by atoms with Gasteiger partial charge in [-0.2, -0.15) is 0 Å². The van der Waals surface area contributed by atoms with E-state index in [-0.39, 0.29) is 0 Å². The van der Waals surface area contributed by atoms with Crippen LogP contribution in [0.15, 0.2) is 47.4 Å². The molecule has 21 heavy (non-hydrogen) atoms. The molecule has 0 atom stereocenters. The summed E-state index contributed by atoms with van der Waals surface area (Å²) in [5.41, 5.74) is 13.5. The molecular formula is C15H13N3OS2. The molecule has 0 unspecified atom stereocenters. The van der Waals surface area contributed by atoms with Crippen molar-refractivity contribution in [1.29, 1.82) is 0 Å². The van der Waals surface area contributed by atoms with Crippen molar-refractivity contribution in [3.8, 4) is 0 Å². The smallest absolute Gasteiger partial charge is 0.248 e. The van der Waals surface area contributed by atoms with Crippen molar-refractivity contribution >= 4 is 44.4 Å². The van der Waals surface area contributed by atoms with Crippen LogP contribution in [0, 0.1) is 0 Å². The highest BCUT2D eigenvalue weighted by molar-refractivity contribution is 7.98. The van der Waals surface area contributed by atoms with Gasteiger partial charge in [0.1, 0.15) is 0 Å². The summed E-state index contributed by atoms with van der Waals surface area (Å²) in [6, 6.07) is 13.5. The molecule has 1 aromatic heterocycles. The molecule has 0 fully saturated rings. The van der Waals surface area contributed by atoms with Crippen LogP contribution in [0.2, 0.25) is 0 Å². The van der Waals surface area contributed by atoms with E-state index in [2.05, 4.69) is 11.1 Å². The molecule has 0 spiro atoms. The lowest BCUT2D eigenvalue weighted by Gasteiger charge is -2.03. The van der Waals surface area contributed by atoms with Crippen LogP contribution in [0.1, 0.15) is 15.9 Å². The van der Waals surface area contributed by atoms with Crippen LogP contribution in [-0.4, -0.2) is 10.9 Å². The Bertz CT molecular complexity index is 796. The van der Waals surface area contributed by atoms with Gasteiger partial charge >= 0.3 is 0 Å². The number of carbonyl (C=O) groups excluding carboxylic acids is 1. The van der Waals surface area contributed by atoms with Crippen molar-refractivity contribution in [2.75, 3.05) is 5.73 Å². The lowest BCUT2D eigenvalue weighted by Crippen LogP contribution is -2.10. The van der Waals surface area contributed by atoms with Crippen molar-refractivity contribution in [2.45, 2.75) is 10.6 Å². The molecule has 0 aliphatic carbocycles. The SMILES string of the molecule is NC(=O)c1ccc(CSc2ccc3nc(N)sc3c2)cc1. The Morgan fingerprint density at radius 3 is 2.67 bits per heavy atom. The van der Waals surface area contributed by atoms with E-state index in [4.69, 9.17) is 11.5 Å². The largest absolute Gasteiger partial charge is 0.375 e. The van der Waals surface area contributed by atoms with Gasteiger partial charge in [-0.3, -0.25) is 4.79 Å². The predicted molar refractivity (Wildman–Crippen MR) is 88.6 cm³/mol. The van der Waals surface area contributed by atoms with Gasteiger partial charge in [-0.1, -0.05) is 23.5 Å². The first-order chi connectivity index (χ1) is 10.1. The Hall–Kier alpha value is -2.05. The molecular weight excluding hydrogens is 302 g/mol. The van der Waals surface area contributed by atoms with Crippen molar-refractivity contribution in [1.82, 2.24) is 4.98 Å². The average molecular weight is 315 g/mol. The molecule has 2 aromatic carbocycles. The second-order valence-corrected chi connectivity index (χ2v) is 6.64. The maximum Gasteiger partial charge on any atom is 0.248 e. The van der Waals surface area contributed by atoms with Gasteiger partial charge in [0.2, 0.25) is 5.91 Å². The van der Waals surface area contributed by atoms with Crippen molar-refractivity contribution < 1.29 is 4.79 Å². The standard InChI is InChI=1S/C15H13N3OS2/c16-14(19)10-3-1-9(2-4-10)8-20-11-5-6-12-13(7-11)21-15(17)18-12/h1-7H,8H2,(H2,16,19)(H2,17,18). The quantitative estimate of drug-likeness (QED) is 0.724. The van der Waals surface area contributed by atoms with Crippen molar-refractivity contribution in [2.24, 2.45) is 5.73 Å². The van der Waals surface area contributed by atoms with Gasteiger partial charge in [0.15, 0.2) is 5.13 Å². The number of primary amides is 1. The topological polar surface area (TPSA) is 82.0 Å². The fraction of sp³-hybridized carbons (Fsp3) is 0.0667. The summed E-state index contributed by atoms with van der Waals surface area (Å²) in [5.74, 6) is 0.432. The Morgan fingerprint density at radius 2 is 1.95 bits per heavy atom. The average Bonchev–Trinajstić information content (AvgIpc) is 2.84. The molecule has 4 nitrogen and oxygen atoms in total. The number of aromatic nitrogens is 1. The molecule has 3 aromatic rings. The van der Waals surface area contributed by atoms with Crippen molar-refractivity contribution in [3.63, 3.8) is 0 Å². The number of thioether (sulfide) groups is 1. The van der Waals surface area contributed by atoms with Gasteiger partial charge in [0.25, 0.3) is 0 Å². The summed E-state index contributed by atoms with van der Waals surface area (Å²) in [6.45, 7) is 0. The summed E-state index contributed by atoms with van der Waals surface area (Å²) in [7, 11) is 0. The van der Waals surface area contributed by atoms with E-state index in [1.807, 2.05) is 24.3 Å². The number of anilines is 1. The zero-order valence-electron chi connectivity index (χ0n) is 11.1. The van der Waals surface area contributed by atoms with E-state index in [1.165, 1.54) is 16.2 Å². The number of carbonyl (C=O) groups is 1. The van der Waals surface area contributed by atoms with Gasteiger partial charge < -0.3 is 11.5 Å². The molecule has 1 heterocycles. The maximum absolute atomic E-state index is 11.0. The fourth-order valence-corrected chi connectivity index (χ4v) is 3.68. The van der Waals surface area contributed by atoms with Crippen LogP contribution in [0.25, 0.3) is 10.2 Å². The highest BCUT2D eigenvalue weighted by Gasteiger charge is 2.04. The maximum atomic E-state index is 11.0. The minimum Gasteiger partial charge on any atom is -0.375 e. The molecule has 0 bridgehead atoms. The molecule has 3 rings (SSSR count). The highest BCUT2D eigenvalue weighted by atomic mass is 32.2. The van der Waals surface area contributed by atoms with E-state index in [0.717, 1.165) is 21.5 Å². The van der Waals surface area contributed by atoms with Crippen LogP contribution in [-0.2, 0) is 5.75 Å². The third kappa shape index (κ3) is 3.17. The van der Waals surface area contributed by atoms with Crippen LogP contribution < -0.4 is 11.5 Å². The number of fused-ring (bicyclic) bond motifs is 1. The first kappa shape index (κ1) is 13.9. The predicted octanol–water partition coefficient (Wildman–Crippen LogP) is 3.27. The van der Waals surface area contributed by atoms with Gasteiger partial charge in [0, 0.05) is 16.2 Å². The lowest BCUT2D eigenvalue weighted by molar-refractivity contribution is 0.100. The molecule has 0 radical (unpaired) electrons. The van der Waals surface area contributed by atoms with E-state index in [1.54, 1.807) is 23.9 Å². The summed E-state index contributed by atoms with van der Waals surface area (Å²) < 4.78 is 1.10. The summed E-state index contributed by atoms with van der Waals surface area (Å²) >= 11 is 3.23. The number of nitrogens with two attached hydrogens (primary N) is 2. The molecule has 0 aliphatic heterocycles. The summed E-state index contributed by atoms with van der Waals surface area (Å²) in [5, 5.41) is 0.592. The number of benzene rings is 2. The zero-order chi connectivity index (χ0) is 14.8. The summed E-state index contributed by atoms with van der Waals surface area (Å²) in [4.78, 5) is 16.4. The van der Waals surface area contributed by atoms with Crippen LogP contribution in [0.4, 0.5) is 5.13 Å². The van der Waals surface area contributed by atoms with E-state index in [9.17, 15) is 4.79 Å². The number of thiazole rings is 1. The Balaban J connectivity index is 1.71. The van der Waals surface area contributed by atoms with Crippen LogP contribution in [0.3, 0.4) is 0 Å². The number of amides is 1. The van der Waals surface area contributed by atoms with Crippen molar-refractivity contribution in [3.05, 3.63) is 53.6 Å². The number of nitrogen functional groups attached to an aromatic ring is 1. The molecule has 0 aliphatic rings. The third-order valence-corrected chi connectivity index (χ3v) is 4.93. The molecule has 106 valence electrons. The number of hydrogen-bond acceptors (Lipinski definition) is 5. The van der Waals surface area contributed by atoms with E-state index in [0.29, 0.717) is 10.7 Å². The Kier molecular flexibility index (Phi) is 3.81. The highest BCUT2D eigenvalue weighted by Crippen LogP contribution is 2.30. The van der Waals surface area contributed by atoms with Gasteiger partial charge in [0.05, 0.1) is 10.2 Å². The molecule has 0 saturated heterocycles.